The van der Waals surface area contributed by atoms with E-state index >= 15 is 0 Å². The number of nitrogens with zero attached hydrogens (tertiary/aromatic N) is 1. The zero-order valence-corrected chi connectivity index (χ0v) is 9.89. The van der Waals surface area contributed by atoms with Crippen LogP contribution in [-0.4, -0.2) is 16.6 Å². The molecule has 1 aliphatic heterocycles. The van der Waals surface area contributed by atoms with E-state index in [2.05, 4.69) is 41.7 Å². The Labute approximate surface area is 99.3 Å². The summed E-state index contributed by atoms with van der Waals surface area (Å²) in [7, 11) is 0. The molecule has 0 aliphatic carbocycles. The smallest absolute Gasteiger partial charge is 0.129 e. The van der Waals surface area contributed by atoms with E-state index in [4.69, 9.17) is 23.2 Å². The minimum Gasteiger partial charge on any atom is -0.304 e. The highest BCUT2D eigenvalue weighted by Gasteiger charge is 2.24. The van der Waals surface area contributed by atoms with E-state index in [0.29, 0.717) is 0 Å². The number of aryl methyl sites for hydroxylation is 1. The van der Waals surface area contributed by atoms with Gasteiger partial charge < -0.3 is 5.43 Å². The molecule has 0 bridgehead atoms. The van der Waals surface area contributed by atoms with Crippen LogP contribution in [0, 0.1) is 6.92 Å². The predicted octanol–water partition coefficient (Wildman–Crippen LogP) is 2.86. The number of alkyl halides is 2. The molecule has 0 saturated carbocycles. The second-order valence-corrected chi connectivity index (χ2v) is 4.86. The van der Waals surface area contributed by atoms with E-state index in [0.717, 1.165) is 17.7 Å². The molecule has 2 rings (SSSR count). The van der Waals surface area contributed by atoms with Gasteiger partial charge in [-0.05, 0) is 12.5 Å². The van der Waals surface area contributed by atoms with Crippen molar-refractivity contribution in [2.45, 2.75) is 24.2 Å². The van der Waals surface area contributed by atoms with Crippen LogP contribution >= 0.6 is 23.2 Å². The van der Waals surface area contributed by atoms with Crippen LogP contribution in [-0.2, 0) is 0 Å². The summed E-state index contributed by atoms with van der Waals surface area (Å²) in [5.74, 6) is 0. The van der Waals surface area contributed by atoms with Crippen molar-refractivity contribution in [1.82, 2.24) is 5.43 Å². The molecule has 0 fully saturated rings. The van der Waals surface area contributed by atoms with Crippen LogP contribution < -0.4 is 5.43 Å². The van der Waals surface area contributed by atoms with Gasteiger partial charge in [0.1, 0.15) is 4.84 Å². The lowest BCUT2D eigenvalue weighted by Gasteiger charge is -2.09. The molecule has 1 aromatic carbocycles. The lowest BCUT2D eigenvalue weighted by molar-refractivity contribution is 0.619. The third-order valence-electron chi connectivity index (χ3n) is 2.47. The van der Waals surface area contributed by atoms with Gasteiger partial charge in [-0.3, -0.25) is 0 Å². The van der Waals surface area contributed by atoms with Gasteiger partial charge in [-0.15, -0.1) is 23.2 Å². The first-order chi connectivity index (χ1) is 7.16. The fourth-order valence-electron chi connectivity index (χ4n) is 1.53. The molecule has 0 radical (unpaired) electrons. The number of hydrogen-bond acceptors (Lipinski definition) is 2. The number of benzene rings is 1. The fraction of sp³-hybridized carbons (Fsp3) is 0.364. The molecule has 1 aliphatic rings. The highest BCUT2D eigenvalue weighted by molar-refractivity contribution is 6.45. The Bertz CT molecular complexity index is 371. The first-order valence-electron chi connectivity index (χ1n) is 4.84. The first-order valence-corrected chi connectivity index (χ1v) is 5.71. The summed E-state index contributed by atoms with van der Waals surface area (Å²) in [6, 6.07) is 8.31. The normalized spacial score (nSPS) is 20.3. The monoisotopic (exact) mass is 242 g/mol. The zero-order valence-electron chi connectivity index (χ0n) is 8.37. The number of hydrazone groups is 1. The van der Waals surface area contributed by atoms with Crippen molar-refractivity contribution in [3.63, 3.8) is 0 Å². The third-order valence-corrected chi connectivity index (χ3v) is 3.08. The summed E-state index contributed by atoms with van der Waals surface area (Å²) < 4.78 is 0. The number of rotatable bonds is 2. The summed E-state index contributed by atoms with van der Waals surface area (Å²) in [6.07, 6.45) is 0.778. The van der Waals surface area contributed by atoms with Crippen molar-refractivity contribution in [3.8, 4) is 0 Å². The molecule has 1 unspecified atom stereocenters. The largest absolute Gasteiger partial charge is 0.304 e. The van der Waals surface area contributed by atoms with Gasteiger partial charge in [0.25, 0.3) is 0 Å². The minimum absolute atomic E-state index is 0.0321. The second-order valence-electron chi connectivity index (χ2n) is 3.70. The quantitative estimate of drug-likeness (QED) is 0.793. The molecule has 0 aromatic heterocycles. The van der Waals surface area contributed by atoms with Crippen molar-refractivity contribution in [3.05, 3.63) is 35.4 Å². The zero-order chi connectivity index (χ0) is 10.8. The molecule has 15 heavy (non-hydrogen) atoms. The molecule has 4 heteroatoms. The average Bonchev–Trinajstić information content (AvgIpc) is 2.68. The average molecular weight is 243 g/mol. The van der Waals surface area contributed by atoms with Crippen molar-refractivity contribution >= 4 is 28.9 Å². The Balaban J connectivity index is 2.11. The van der Waals surface area contributed by atoms with Crippen LogP contribution in [0.15, 0.2) is 29.4 Å². The Morgan fingerprint density at radius 3 is 2.53 bits per heavy atom. The molecule has 1 atom stereocenters. The van der Waals surface area contributed by atoms with E-state index < -0.39 is 4.84 Å². The molecule has 0 amide bonds. The summed E-state index contributed by atoms with van der Waals surface area (Å²) in [5, 5.41) is 4.24. The fourth-order valence-corrected chi connectivity index (χ4v) is 1.83. The van der Waals surface area contributed by atoms with Gasteiger partial charge in [0.15, 0.2) is 0 Å². The Morgan fingerprint density at radius 2 is 2.00 bits per heavy atom. The third kappa shape index (κ3) is 2.44. The van der Waals surface area contributed by atoms with Crippen molar-refractivity contribution < 1.29 is 0 Å². The summed E-state index contributed by atoms with van der Waals surface area (Å²) in [6.45, 7) is 2.06. The van der Waals surface area contributed by atoms with Crippen molar-refractivity contribution in [2.24, 2.45) is 5.10 Å². The topological polar surface area (TPSA) is 24.4 Å². The molecule has 80 valence electrons. The molecular weight excluding hydrogens is 231 g/mol. The molecule has 1 heterocycles. The highest BCUT2D eigenvalue weighted by atomic mass is 35.5. The summed E-state index contributed by atoms with van der Waals surface area (Å²) in [5.41, 5.74) is 6.34. The Kier molecular flexibility index (Phi) is 3.17. The standard InChI is InChI=1S/C11H12Cl2N2/c1-7-2-4-8(5-3-7)9-6-10(11(12)13)15-14-9/h2-5,10-11,15H,6H2,1H3. The van der Waals surface area contributed by atoms with Crippen LogP contribution in [0.5, 0.6) is 0 Å². The van der Waals surface area contributed by atoms with Gasteiger partial charge >= 0.3 is 0 Å². The molecule has 1 aromatic rings. The molecular formula is C11H12Cl2N2. The summed E-state index contributed by atoms with van der Waals surface area (Å²) >= 11 is 11.6. The van der Waals surface area contributed by atoms with Crippen LogP contribution in [0.3, 0.4) is 0 Å². The van der Waals surface area contributed by atoms with Gasteiger partial charge in [-0.1, -0.05) is 29.8 Å². The molecule has 2 nitrogen and oxygen atoms in total. The number of halogens is 2. The maximum atomic E-state index is 5.79. The van der Waals surface area contributed by atoms with E-state index in [1.807, 2.05) is 0 Å². The SMILES string of the molecule is Cc1ccc(C2=NNC(C(Cl)Cl)C2)cc1. The maximum absolute atomic E-state index is 5.79. The molecule has 1 N–H and O–H groups in total. The van der Waals surface area contributed by atoms with Crippen LogP contribution in [0.25, 0.3) is 0 Å². The first kappa shape index (κ1) is 10.8. The minimum atomic E-state index is -0.420. The predicted molar refractivity (Wildman–Crippen MR) is 64.8 cm³/mol. The summed E-state index contributed by atoms with van der Waals surface area (Å²) in [4.78, 5) is -0.420. The van der Waals surface area contributed by atoms with Gasteiger partial charge in [0, 0.05) is 6.42 Å². The van der Waals surface area contributed by atoms with E-state index in [9.17, 15) is 0 Å². The van der Waals surface area contributed by atoms with Crippen molar-refractivity contribution in [2.75, 3.05) is 0 Å². The van der Waals surface area contributed by atoms with Crippen LogP contribution in [0.1, 0.15) is 17.5 Å². The van der Waals surface area contributed by atoms with E-state index in [1.165, 1.54) is 5.56 Å². The van der Waals surface area contributed by atoms with Crippen molar-refractivity contribution in [1.29, 1.82) is 0 Å². The molecule has 0 saturated heterocycles. The number of hydrogen-bond donors (Lipinski definition) is 1. The Morgan fingerprint density at radius 1 is 1.33 bits per heavy atom. The van der Waals surface area contributed by atoms with Gasteiger partial charge in [-0.25, -0.2) is 0 Å². The van der Waals surface area contributed by atoms with E-state index in [1.54, 1.807) is 0 Å². The lowest BCUT2D eigenvalue weighted by atomic mass is 10.0. The highest BCUT2D eigenvalue weighted by Crippen LogP contribution is 2.19. The van der Waals surface area contributed by atoms with Crippen LogP contribution in [0.4, 0.5) is 0 Å². The Hall–Kier alpha value is -0.730. The van der Waals surface area contributed by atoms with Gasteiger partial charge in [0.2, 0.25) is 0 Å². The number of nitrogens with one attached hydrogen (secondary N) is 1. The second kappa shape index (κ2) is 4.42. The van der Waals surface area contributed by atoms with Gasteiger partial charge in [-0.2, -0.15) is 5.10 Å². The van der Waals surface area contributed by atoms with Crippen LogP contribution in [0.2, 0.25) is 0 Å². The maximum Gasteiger partial charge on any atom is 0.129 e. The molecule has 0 spiro atoms. The van der Waals surface area contributed by atoms with E-state index in [-0.39, 0.29) is 6.04 Å². The van der Waals surface area contributed by atoms with Gasteiger partial charge in [0.05, 0.1) is 11.8 Å². The lowest BCUT2D eigenvalue weighted by Crippen LogP contribution is -2.26.